The molecule has 0 unspecified atom stereocenters. The second-order valence-electron chi connectivity index (χ2n) is 8.53. The maximum absolute atomic E-state index is 12.8. The number of rotatable bonds is 6. The van der Waals surface area contributed by atoms with E-state index in [2.05, 4.69) is 10.1 Å². The highest BCUT2D eigenvalue weighted by atomic mass is 16.5. The van der Waals surface area contributed by atoms with Crippen LogP contribution in [0, 0.1) is 17.8 Å². The molecule has 148 valence electrons. The molecule has 0 radical (unpaired) electrons. The number of nitrogens with zero attached hydrogens (tertiary/aromatic N) is 4. The van der Waals surface area contributed by atoms with Crippen molar-refractivity contribution in [3.8, 4) is 0 Å². The molecule has 3 fully saturated rings. The molecule has 7 nitrogen and oxygen atoms in total. The van der Waals surface area contributed by atoms with Crippen LogP contribution in [0.25, 0.3) is 0 Å². The normalized spacial score (nSPS) is 29.5. The van der Waals surface area contributed by atoms with Gasteiger partial charge in [0.25, 0.3) is 0 Å². The average molecular weight is 374 g/mol. The molecule has 2 bridgehead atoms. The number of likely N-dealkylation sites (tertiary alicyclic amines) is 1. The highest BCUT2D eigenvalue weighted by Gasteiger charge is 2.41. The lowest BCUT2D eigenvalue weighted by Gasteiger charge is -2.28. The lowest BCUT2D eigenvalue weighted by molar-refractivity contribution is -0.134. The van der Waals surface area contributed by atoms with Gasteiger partial charge in [-0.2, -0.15) is 4.98 Å². The van der Waals surface area contributed by atoms with E-state index in [1.165, 1.54) is 25.7 Å². The van der Waals surface area contributed by atoms with Crippen LogP contribution in [0.4, 0.5) is 0 Å². The summed E-state index contributed by atoms with van der Waals surface area (Å²) in [4.78, 5) is 33.0. The highest BCUT2D eigenvalue weighted by Crippen LogP contribution is 2.49. The van der Waals surface area contributed by atoms with Crippen LogP contribution >= 0.6 is 0 Å². The second-order valence-corrected chi connectivity index (χ2v) is 8.53. The monoisotopic (exact) mass is 374 g/mol. The van der Waals surface area contributed by atoms with E-state index in [0.29, 0.717) is 43.6 Å². The zero-order valence-electron chi connectivity index (χ0n) is 16.4. The summed E-state index contributed by atoms with van der Waals surface area (Å²) in [5.74, 6) is 3.62. The van der Waals surface area contributed by atoms with Crippen LogP contribution < -0.4 is 0 Å². The van der Waals surface area contributed by atoms with Gasteiger partial charge in [-0.25, -0.2) is 0 Å². The topological polar surface area (TPSA) is 79.5 Å². The number of aromatic nitrogens is 2. The minimum absolute atomic E-state index is 0.00903. The molecule has 1 aromatic rings. The lowest BCUT2D eigenvalue weighted by atomic mass is 9.86. The van der Waals surface area contributed by atoms with Crippen LogP contribution in [-0.4, -0.2) is 50.9 Å². The van der Waals surface area contributed by atoms with Gasteiger partial charge < -0.3 is 14.3 Å². The molecule has 4 rings (SSSR count). The maximum Gasteiger partial charge on any atom is 0.226 e. The summed E-state index contributed by atoms with van der Waals surface area (Å²) >= 11 is 0. The van der Waals surface area contributed by atoms with Gasteiger partial charge in [-0.05, 0) is 43.4 Å². The number of amides is 2. The molecule has 2 amide bonds. The third-order valence-corrected chi connectivity index (χ3v) is 6.81. The van der Waals surface area contributed by atoms with Gasteiger partial charge in [0.2, 0.25) is 17.7 Å². The summed E-state index contributed by atoms with van der Waals surface area (Å²) in [6.07, 6.45) is 7.45. The number of carbonyl (C=O) groups is 2. The molecule has 27 heavy (non-hydrogen) atoms. The molecule has 3 aliphatic rings. The van der Waals surface area contributed by atoms with E-state index < -0.39 is 0 Å². The molecule has 0 aromatic carbocycles. The number of hydrogen-bond donors (Lipinski definition) is 0. The van der Waals surface area contributed by atoms with Gasteiger partial charge in [0.05, 0.1) is 12.6 Å². The molecule has 0 N–H and O–H groups in total. The summed E-state index contributed by atoms with van der Waals surface area (Å²) in [6, 6.07) is 0.0371. The Balaban J connectivity index is 1.33. The molecule has 1 saturated heterocycles. The molecule has 1 aliphatic heterocycles. The first kappa shape index (κ1) is 18.4. The van der Waals surface area contributed by atoms with Crippen molar-refractivity contribution in [2.24, 2.45) is 17.8 Å². The van der Waals surface area contributed by atoms with Gasteiger partial charge in [-0.1, -0.05) is 18.5 Å². The van der Waals surface area contributed by atoms with Crippen LogP contribution in [0.2, 0.25) is 0 Å². The van der Waals surface area contributed by atoms with Crippen LogP contribution in [0.3, 0.4) is 0 Å². The fourth-order valence-electron chi connectivity index (χ4n) is 5.35. The summed E-state index contributed by atoms with van der Waals surface area (Å²) in [6.45, 7) is 5.23. The zero-order valence-corrected chi connectivity index (χ0v) is 16.4. The Bertz CT molecular complexity index is 703. The molecule has 7 heteroatoms. The van der Waals surface area contributed by atoms with E-state index in [0.717, 1.165) is 24.8 Å². The van der Waals surface area contributed by atoms with Crippen LogP contribution in [0.5, 0.6) is 0 Å². The fourth-order valence-corrected chi connectivity index (χ4v) is 5.35. The summed E-state index contributed by atoms with van der Waals surface area (Å²) in [5, 5.41) is 3.96. The maximum atomic E-state index is 12.8. The number of carbonyl (C=O) groups excluding carboxylic acids is 2. The zero-order chi connectivity index (χ0) is 19.0. The average Bonchev–Trinajstić information content (AvgIpc) is 3.42. The minimum Gasteiger partial charge on any atom is -0.341 e. The number of hydrogen-bond acceptors (Lipinski definition) is 5. The molecule has 0 spiro atoms. The third-order valence-electron chi connectivity index (χ3n) is 6.81. The van der Waals surface area contributed by atoms with E-state index >= 15 is 0 Å². The van der Waals surface area contributed by atoms with E-state index in [4.69, 9.17) is 4.52 Å². The lowest BCUT2D eigenvalue weighted by Crippen LogP contribution is -2.41. The molecular weight excluding hydrogens is 344 g/mol. The summed E-state index contributed by atoms with van der Waals surface area (Å²) < 4.78 is 5.15. The Morgan fingerprint density at radius 1 is 1.26 bits per heavy atom. The van der Waals surface area contributed by atoms with E-state index in [-0.39, 0.29) is 17.9 Å². The smallest absolute Gasteiger partial charge is 0.226 e. The van der Waals surface area contributed by atoms with Crippen molar-refractivity contribution in [2.75, 3.05) is 13.1 Å². The Morgan fingerprint density at radius 2 is 2.11 bits per heavy atom. The Hall–Kier alpha value is -1.92. The minimum atomic E-state index is -0.00903. The van der Waals surface area contributed by atoms with E-state index in [9.17, 15) is 9.59 Å². The van der Waals surface area contributed by atoms with Crippen molar-refractivity contribution >= 4 is 11.8 Å². The largest absolute Gasteiger partial charge is 0.341 e. The first-order valence-electron chi connectivity index (χ1n) is 10.4. The van der Waals surface area contributed by atoms with Crippen LogP contribution in [0.1, 0.15) is 64.1 Å². The van der Waals surface area contributed by atoms with E-state index in [1.54, 1.807) is 11.8 Å². The van der Waals surface area contributed by atoms with Crippen molar-refractivity contribution in [1.82, 2.24) is 19.9 Å². The summed E-state index contributed by atoms with van der Waals surface area (Å²) in [7, 11) is 0. The molecular formula is C20H30N4O3. The van der Waals surface area contributed by atoms with Crippen LogP contribution in [-0.2, 0) is 22.6 Å². The molecule has 2 heterocycles. The molecule has 1 aromatic heterocycles. The number of fused-ring (bicyclic) bond motifs is 2. The second kappa shape index (κ2) is 7.60. The van der Waals surface area contributed by atoms with Crippen molar-refractivity contribution in [2.45, 2.75) is 71.4 Å². The van der Waals surface area contributed by atoms with Crippen molar-refractivity contribution in [3.05, 3.63) is 11.7 Å². The Morgan fingerprint density at radius 3 is 2.74 bits per heavy atom. The van der Waals surface area contributed by atoms with Gasteiger partial charge in [-0.3, -0.25) is 9.59 Å². The van der Waals surface area contributed by atoms with Crippen molar-refractivity contribution < 1.29 is 14.1 Å². The first-order valence-corrected chi connectivity index (χ1v) is 10.4. The van der Waals surface area contributed by atoms with Gasteiger partial charge in [0, 0.05) is 32.9 Å². The van der Waals surface area contributed by atoms with Crippen molar-refractivity contribution in [1.29, 1.82) is 0 Å². The standard InChI is InChI=1S/C20H30N4O3/c1-3-19-21-18(22-27-19)12-24(13(2)25)17-6-7-23(11-17)20(26)10-16-9-14-4-5-15(16)8-14/h14-17H,3-12H2,1-2H3/t14-,15-,16-,17+/m0/s1. The fraction of sp³-hybridized carbons (Fsp3) is 0.800. The molecule has 4 atom stereocenters. The summed E-state index contributed by atoms with van der Waals surface area (Å²) in [5.41, 5.74) is 0. The van der Waals surface area contributed by atoms with Gasteiger partial charge in [0.15, 0.2) is 5.82 Å². The number of aryl methyl sites for hydroxylation is 1. The Labute approximate surface area is 160 Å². The highest BCUT2D eigenvalue weighted by molar-refractivity contribution is 5.77. The molecule has 2 aliphatic carbocycles. The van der Waals surface area contributed by atoms with Crippen LogP contribution in [0.15, 0.2) is 4.52 Å². The predicted octanol–water partition coefficient (Wildman–Crippen LogP) is 2.41. The van der Waals surface area contributed by atoms with Gasteiger partial charge >= 0.3 is 0 Å². The first-order chi connectivity index (χ1) is 13.0. The third kappa shape index (κ3) is 3.87. The van der Waals surface area contributed by atoms with Gasteiger partial charge in [0.1, 0.15) is 0 Å². The Kier molecular flexibility index (Phi) is 5.19. The van der Waals surface area contributed by atoms with E-state index in [1.807, 2.05) is 11.8 Å². The van der Waals surface area contributed by atoms with Gasteiger partial charge in [-0.15, -0.1) is 0 Å². The quantitative estimate of drug-likeness (QED) is 0.764. The predicted molar refractivity (Wildman–Crippen MR) is 98.4 cm³/mol. The van der Waals surface area contributed by atoms with Crippen molar-refractivity contribution in [3.63, 3.8) is 0 Å². The SMILES string of the molecule is CCc1nc(CN(C(C)=O)[C@@H]2CCN(C(=O)C[C@@H]3C[C@H]4CC[C@H]3C4)C2)no1. The molecule has 2 saturated carbocycles.